The minimum Gasteiger partial charge on any atom is -0.380 e. The highest BCUT2D eigenvalue weighted by Crippen LogP contribution is 2.47. The zero-order valence-corrected chi connectivity index (χ0v) is 11.5. The Morgan fingerprint density at radius 1 is 1.16 bits per heavy atom. The molecule has 1 unspecified atom stereocenters. The molecule has 1 aliphatic heterocycles. The van der Waals surface area contributed by atoms with Crippen molar-refractivity contribution in [3.05, 3.63) is 0 Å². The van der Waals surface area contributed by atoms with Gasteiger partial charge in [-0.1, -0.05) is 25.2 Å². The van der Waals surface area contributed by atoms with Gasteiger partial charge in [0.1, 0.15) is 0 Å². The average molecular weight is 261 g/mol. The summed E-state index contributed by atoms with van der Waals surface area (Å²) >= 11 is 0. The molecule has 1 N–H and O–H groups in total. The minimum absolute atomic E-state index is 0.0688. The van der Waals surface area contributed by atoms with Crippen LogP contribution in [0, 0.1) is 23.7 Å². The van der Waals surface area contributed by atoms with E-state index in [0.29, 0.717) is 12.5 Å². The highest BCUT2D eigenvalue weighted by atomic mass is 16.5. The number of hydrogen-bond acceptors (Lipinski definition) is 2. The third kappa shape index (κ3) is 3.12. The summed E-state index contributed by atoms with van der Waals surface area (Å²) in [4.78, 5) is 12.1. The standard InChI is InChI=1S/C16H23NO2/c18-15(7-4-13-8-11-19-12-13)17-16(14-5-6-14)9-2-1-3-10-16/h13-14H,1-3,5-6,8-12H2,(H,17,18). The predicted octanol–water partition coefficient (Wildman–Crippen LogP) is 2.26. The number of nitrogens with one attached hydrogen (secondary N) is 1. The van der Waals surface area contributed by atoms with Crippen LogP contribution in [0.25, 0.3) is 0 Å². The Morgan fingerprint density at radius 3 is 2.58 bits per heavy atom. The minimum atomic E-state index is -0.0688. The fraction of sp³-hybridized carbons (Fsp3) is 0.812. The molecule has 104 valence electrons. The number of ether oxygens (including phenoxy) is 1. The maximum Gasteiger partial charge on any atom is 0.296 e. The molecule has 2 aliphatic carbocycles. The molecule has 3 fully saturated rings. The molecular formula is C16H23NO2. The van der Waals surface area contributed by atoms with E-state index >= 15 is 0 Å². The fourth-order valence-electron chi connectivity index (χ4n) is 3.53. The van der Waals surface area contributed by atoms with E-state index < -0.39 is 0 Å². The van der Waals surface area contributed by atoms with E-state index in [1.54, 1.807) is 0 Å². The van der Waals surface area contributed by atoms with Gasteiger partial charge in [-0.05, 0) is 43.9 Å². The van der Waals surface area contributed by atoms with E-state index in [-0.39, 0.29) is 17.4 Å². The highest BCUT2D eigenvalue weighted by Gasteiger charge is 2.46. The van der Waals surface area contributed by atoms with Crippen LogP contribution in [0.4, 0.5) is 0 Å². The van der Waals surface area contributed by atoms with Crippen molar-refractivity contribution in [3.8, 4) is 11.8 Å². The molecule has 2 saturated carbocycles. The van der Waals surface area contributed by atoms with E-state index in [1.165, 1.54) is 32.1 Å². The summed E-state index contributed by atoms with van der Waals surface area (Å²) in [5.74, 6) is 6.77. The van der Waals surface area contributed by atoms with Crippen LogP contribution in [0.2, 0.25) is 0 Å². The van der Waals surface area contributed by atoms with Gasteiger partial charge in [-0.15, -0.1) is 0 Å². The van der Waals surface area contributed by atoms with Crippen LogP contribution in [0.15, 0.2) is 0 Å². The molecule has 1 saturated heterocycles. The molecule has 0 spiro atoms. The second kappa shape index (κ2) is 5.54. The molecule has 0 aromatic rings. The van der Waals surface area contributed by atoms with E-state index in [4.69, 9.17) is 4.74 Å². The van der Waals surface area contributed by atoms with Gasteiger partial charge >= 0.3 is 0 Å². The number of rotatable bonds is 2. The van der Waals surface area contributed by atoms with Gasteiger partial charge in [-0.3, -0.25) is 4.79 Å². The van der Waals surface area contributed by atoms with Crippen LogP contribution in [-0.4, -0.2) is 24.7 Å². The normalized spacial score (nSPS) is 29.4. The molecule has 1 heterocycles. The molecule has 0 bridgehead atoms. The lowest BCUT2D eigenvalue weighted by Gasteiger charge is -2.38. The molecule has 0 aromatic carbocycles. The van der Waals surface area contributed by atoms with Crippen LogP contribution in [0.5, 0.6) is 0 Å². The van der Waals surface area contributed by atoms with Crippen molar-refractivity contribution in [2.45, 2.75) is 56.9 Å². The lowest BCUT2D eigenvalue weighted by Crippen LogP contribution is -2.51. The first-order chi connectivity index (χ1) is 9.28. The Bertz CT molecular complexity index is 391. The van der Waals surface area contributed by atoms with E-state index in [2.05, 4.69) is 17.2 Å². The molecule has 1 amide bonds. The van der Waals surface area contributed by atoms with Crippen molar-refractivity contribution >= 4 is 5.91 Å². The lowest BCUT2D eigenvalue weighted by atomic mass is 9.78. The van der Waals surface area contributed by atoms with Gasteiger partial charge in [0, 0.05) is 18.1 Å². The second-order valence-electron chi connectivity index (χ2n) is 6.28. The second-order valence-corrected chi connectivity index (χ2v) is 6.28. The number of carbonyl (C=O) groups is 1. The molecule has 0 radical (unpaired) electrons. The maximum absolute atomic E-state index is 12.1. The zero-order valence-electron chi connectivity index (χ0n) is 11.5. The topological polar surface area (TPSA) is 38.3 Å². The number of hydrogen-bond donors (Lipinski definition) is 1. The van der Waals surface area contributed by atoms with Gasteiger partial charge < -0.3 is 10.1 Å². The maximum atomic E-state index is 12.1. The van der Waals surface area contributed by atoms with E-state index in [1.807, 2.05) is 0 Å². The van der Waals surface area contributed by atoms with Crippen LogP contribution < -0.4 is 5.32 Å². The van der Waals surface area contributed by atoms with Crippen molar-refractivity contribution < 1.29 is 9.53 Å². The largest absolute Gasteiger partial charge is 0.380 e. The highest BCUT2D eigenvalue weighted by molar-refractivity contribution is 5.94. The summed E-state index contributed by atoms with van der Waals surface area (Å²) < 4.78 is 5.27. The zero-order chi connectivity index (χ0) is 13.1. The van der Waals surface area contributed by atoms with Gasteiger partial charge in [-0.2, -0.15) is 0 Å². The summed E-state index contributed by atoms with van der Waals surface area (Å²) in [7, 11) is 0. The SMILES string of the molecule is O=C(C#CC1CCOC1)NC1(C2CC2)CCCCC1. The van der Waals surface area contributed by atoms with Gasteiger partial charge in [0.05, 0.1) is 6.61 Å². The number of carbonyl (C=O) groups excluding carboxylic acids is 1. The van der Waals surface area contributed by atoms with Gasteiger partial charge in [-0.25, -0.2) is 0 Å². The van der Waals surface area contributed by atoms with Gasteiger partial charge in [0.15, 0.2) is 0 Å². The molecule has 0 aromatic heterocycles. The molecule has 3 aliphatic rings. The van der Waals surface area contributed by atoms with Gasteiger partial charge in [0.25, 0.3) is 5.91 Å². The Kier molecular flexibility index (Phi) is 3.79. The monoisotopic (exact) mass is 261 g/mol. The Balaban J connectivity index is 1.59. The number of amides is 1. The van der Waals surface area contributed by atoms with Crippen LogP contribution >= 0.6 is 0 Å². The van der Waals surface area contributed by atoms with Crippen molar-refractivity contribution in [1.29, 1.82) is 0 Å². The molecule has 1 atom stereocenters. The molecule has 19 heavy (non-hydrogen) atoms. The first-order valence-corrected chi connectivity index (χ1v) is 7.70. The summed E-state index contributed by atoms with van der Waals surface area (Å²) in [5.41, 5.74) is 0.0796. The Labute approximate surface area is 115 Å². The van der Waals surface area contributed by atoms with Crippen molar-refractivity contribution in [1.82, 2.24) is 5.32 Å². The molecule has 3 rings (SSSR count). The average Bonchev–Trinajstić information content (AvgIpc) is 3.16. The molecular weight excluding hydrogens is 238 g/mol. The molecule has 3 heteroatoms. The third-order valence-electron chi connectivity index (χ3n) is 4.79. The van der Waals surface area contributed by atoms with Crippen molar-refractivity contribution in [2.75, 3.05) is 13.2 Å². The van der Waals surface area contributed by atoms with E-state index in [0.717, 1.165) is 25.9 Å². The van der Waals surface area contributed by atoms with Crippen molar-refractivity contribution in [3.63, 3.8) is 0 Å². The van der Waals surface area contributed by atoms with Crippen LogP contribution in [-0.2, 0) is 9.53 Å². The van der Waals surface area contributed by atoms with E-state index in [9.17, 15) is 4.79 Å². The summed E-state index contributed by atoms with van der Waals surface area (Å²) in [6, 6.07) is 0. The fourth-order valence-corrected chi connectivity index (χ4v) is 3.53. The first kappa shape index (κ1) is 13.0. The first-order valence-electron chi connectivity index (χ1n) is 7.70. The Morgan fingerprint density at radius 2 is 1.95 bits per heavy atom. The van der Waals surface area contributed by atoms with Crippen LogP contribution in [0.1, 0.15) is 51.4 Å². The van der Waals surface area contributed by atoms with Gasteiger partial charge in [0.2, 0.25) is 0 Å². The lowest BCUT2D eigenvalue weighted by molar-refractivity contribution is -0.118. The molecule has 3 nitrogen and oxygen atoms in total. The third-order valence-corrected chi connectivity index (χ3v) is 4.79. The summed E-state index contributed by atoms with van der Waals surface area (Å²) in [6.45, 7) is 1.47. The Hall–Kier alpha value is -1.01. The smallest absolute Gasteiger partial charge is 0.296 e. The quantitative estimate of drug-likeness (QED) is 0.774. The van der Waals surface area contributed by atoms with Crippen LogP contribution in [0.3, 0.4) is 0 Å². The summed E-state index contributed by atoms with van der Waals surface area (Å²) in [5, 5.41) is 3.26. The predicted molar refractivity (Wildman–Crippen MR) is 73.4 cm³/mol. The summed E-state index contributed by atoms with van der Waals surface area (Å²) in [6.07, 6.45) is 9.65. The van der Waals surface area contributed by atoms with Crippen molar-refractivity contribution in [2.24, 2.45) is 11.8 Å².